The number of hydrogen-bond acceptors (Lipinski definition) is 2. The van der Waals surface area contributed by atoms with Crippen molar-refractivity contribution in [2.24, 2.45) is 10.9 Å². The van der Waals surface area contributed by atoms with Crippen LogP contribution < -0.4 is 0 Å². The van der Waals surface area contributed by atoms with Crippen molar-refractivity contribution >= 4 is 5.90 Å². The summed E-state index contributed by atoms with van der Waals surface area (Å²) in [6.07, 6.45) is 6.65. The van der Waals surface area contributed by atoms with Crippen LogP contribution in [-0.4, -0.2) is 18.0 Å². The van der Waals surface area contributed by atoms with Crippen molar-refractivity contribution in [3.05, 3.63) is 0 Å². The topological polar surface area (TPSA) is 21.6 Å². The Bertz CT molecular complexity index is 214. The third-order valence-corrected chi connectivity index (χ3v) is 2.96. The van der Waals surface area contributed by atoms with Gasteiger partial charge in [0.1, 0.15) is 6.61 Å². The van der Waals surface area contributed by atoms with Gasteiger partial charge in [-0.1, -0.05) is 12.8 Å². The number of hydrogen-bond donors (Lipinski definition) is 0. The first-order chi connectivity index (χ1) is 6.16. The molecule has 2 aliphatic rings. The molecule has 0 aromatic rings. The van der Waals surface area contributed by atoms with Crippen LogP contribution in [0.15, 0.2) is 4.99 Å². The zero-order chi connectivity index (χ0) is 9.31. The molecule has 13 heavy (non-hydrogen) atoms. The standard InChI is InChI=1S/C11H19NO/c1-11(2)8-13-10(12-11)7-9-5-3-4-6-9/h9H,3-8H2,1-2H3. The Hall–Kier alpha value is -0.530. The van der Waals surface area contributed by atoms with Crippen LogP contribution in [0, 0.1) is 5.92 Å². The zero-order valence-electron chi connectivity index (χ0n) is 8.68. The van der Waals surface area contributed by atoms with Gasteiger partial charge in [-0.05, 0) is 32.6 Å². The molecule has 1 heterocycles. The van der Waals surface area contributed by atoms with Gasteiger partial charge in [0.15, 0.2) is 5.90 Å². The lowest BCUT2D eigenvalue weighted by molar-refractivity contribution is 0.269. The Balaban J connectivity index is 1.88. The summed E-state index contributed by atoms with van der Waals surface area (Å²) in [6, 6.07) is 0. The van der Waals surface area contributed by atoms with E-state index in [0.717, 1.165) is 24.8 Å². The Morgan fingerprint density at radius 2 is 2.08 bits per heavy atom. The molecule has 1 aliphatic heterocycles. The third-order valence-electron chi connectivity index (χ3n) is 2.96. The van der Waals surface area contributed by atoms with E-state index in [1.165, 1.54) is 25.7 Å². The van der Waals surface area contributed by atoms with Gasteiger partial charge >= 0.3 is 0 Å². The number of rotatable bonds is 2. The van der Waals surface area contributed by atoms with Crippen molar-refractivity contribution in [1.82, 2.24) is 0 Å². The molecule has 0 spiro atoms. The first-order valence-electron chi connectivity index (χ1n) is 5.37. The molecule has 0 aromatic heterocycles. The molecule has 2 rings (SSSR count). The van der Waals surface area contributed by atoms with Crippen LogP contribution in [0.5, 0.6) is 0 Å². The van der Waals surface area contributed by atoms with Gasteiger partial charge in [0.25, 0.3) is 0 Å². The SMILES string of the molecule is CC1(C)COC(CC2CCCC2)=N1. The largest absolute Gasteiger partial charge is 0.478 e. The highest BCUT2D eigenvalue weighted by Gasteiger charge is 2.28. The highest BCUT2D eigenvalue weighted by atomic mass is 16.5. The summed E-state index contributed by atoms with van der Waals surface area (Å²) in [7, 11) is 0. The molecular formula is C11H19NO. The van der Waals surface area contributed by atoms with Crippen molar-refractivity contribution in [1.29, 1.82) is 0 Å². The van der Waals surface area contributed by atoms with Crippen LogP contribution in [0.1, 0.15) is 46.0 Å². The van der Waals surface area contributed by atoms with E-state index in [0.29, 0.717) is 0 Å². The molecule has 0 amide bonds. The molecule has 74 valence electrons. The summed E-state index contributed by atoms with van der Waals surface area (Å²) in [5.41, 5.74) is 0.0357. The molecule has 1 fully saturated rings. The van der Waals surface area contributed by atoms with Crippen LogP contribution >= 0.6 is 0 Å². The Morgan fingerprint density at radius 1 is 1.38 bits per heavy atom. The van der Waals surface area contributed by atoms with E-state index in [2.05, 4.69) is 18.8 Å². The summed E-state index contributed by atoms with van der Waals surface area (Å²) in [5, 5.41) is 0. The van der Waals surface area contributed by atoms with E-state index < -0.39 is 0 Å². The normalized spacial score (nSPS) is 27.4. The average Bonchev–Trinajstić information content (AvgIpc) is 2.61. The van der Waals surface area contributed by atoms with E-state index in [1.807, 2.05) is 0 Å². The second-order valence-electron chi connectivity index (χ2n) is 4.96. The molecule has 0 aromatic carbocycles. The molecule has 0 bridgehead atoms. The fourth-order valence-electron chi connectivity index (χ4n) is 2.23. The highest BCUT2D eigenvalue weighted by Crippen LogP contribution is 2.30. The fourth-order valence-corrected chi connectivity index (χ4v) is 2.23. The van der Waals surface area contributed by atoms with Crippen LogP contribution in [0.4, 0.5) is 0 Å². The van der Waals surface area contributed by atoms with Crippen molar-refractivity contribution < 1.29 is 4.74 Å². The van der Waals surface area contributed by atoms with Crippen LogP contribution in [0.25, 0.3) is 0 Å². The van der Waals surface area contributed by atoms with Gasteiger partial charge in [0.2, 0.25) is 0 Å². The molecule has 1 aliphatic carbocycles. The maximum Gasteiger partial charge on any atom is 0.184 e. The predicted molar refractivity (Wildman–Crippen MR) is 54.0 cm³/mol. The molecule has 0 unspecified atom stereocenters. The smallest absolute Gasteiger partial charge is 0.184 e. The van der Waals surface area contributed by atoms with Gasteiger partial charge in [0.05, 0.1) is 5.54 Å². The van der Waals surface area contributed by atoms with Gasteiger partial charge < -0.3 is 4.74 Å². The van der Waals surface area contributed by atoms with Gasteiger partial charge in [0, 0.05) is 6.42 Å². The maximum absolute atomic E-state index is 5.58. The second kappa shape index (κ2) is 3.32. The molecule has 2 nitrogen and oxygen atoms in total. The van der Waals surface area contributed by atoms with Gasteiger partial charge in [-0.3, -0.25) is 0 Å². The number of ether oxygens (including phenoxy) is 1. The summed E-state index contributed by atoms with van der Waals surface area (Å²) >= 11 is 0. The highest BCUT2D eigenvalue weighted by molar-refractivity contribution is 5.78. The van der Waals surface area contributed by atoms with Crippen LogP contribution in [-0.2, 0) is 4.74 Å². The van der Waals surface area contributed by atoms with Crippen molar-refractivity contribution in [2.45, 2.75) is 51.5 Å². The fraction of sp³-hybridized carbons (Fsp3) is 0.909. The van der Waals surface area contributed by atoms with Crippen molar-refractivity contribution in [2.75, 3.05) is 6.61 Å². The number of aliphatic imine (C=N–C) groups is 1. The lowest BCUT2D eigenvalue weighted by Gasteiger charge is -2.08. The Labute approximate surface area is 80.4 Å². The predicted octanol–water partition coefficient (Wildman–Crippen LogP) is 2.77. The molecule has 2 heteroatoms. The lowest BCUT2D eigenvalue weighted by Crippen LogP contribution is -2.17. The van der Waals surface area contributed by atoms with E-state index >= 15 is 0 Å². The average molecular weight is 181 g/mol. The molecule has 0 radical (unpaired) electrons. The van der Waals surface area contributed by atoms with Gasteiger partial charge in [-0.15, -0.1) is 0 Å². The quantitative estimate of drug-likeness (QED) is 0.642. The summed E-state index contributed by atoms with van der Waals surface area (Å²) in [5.74, 6) is 1.87. The van der Waals surface area contributed by atoms with Crippen LogP contribution in [0.2, 0.25) is 0 Å². The van der Waals surface area contributed by atoms with Gasteiger partial charge in [-0.2, -0.15) is 0 Å². The monoisotopic (exact) mass is 181 g/mol. The molecule has 0 saturated heterocycles. The first-order valence-corrected chi connectivity index (χ1v) is 5.37. The van der Waals surface area contributed by atoms with E-state index in [9.17, 15) is 0 Å². The van der Waals surface area contributed by atoms with Crippen LogP contribution in [0.3, 0.4) is 0 Å². The second-order valence-corrected chi connectivity index (χ2v) is 4.96. The minimum Gasteiger partial charge on any atom is -0.478 e. The minimum absolute atomic E-state index is 0.0357. The van der Waals surface area contributed by atoms with E-state index in [-0.39, 0.29) is 5.54 Å². The number of nitrogens with zero attached hydrogens (tertiary/aromatic N) is 1. The molecule has 0 atom stereocenters. The summed E-state index contributed by atoms with van der Waals surface area (Å²) < 4.78 is 5.58. The van der Waals surface area contributed by atoms with Gasteiger partial charge in [-0.25, -0.2) is 4.99 Å². The summed E-state index contributed by atoms with van der Waals surface area (Å²) in [6.45, 7) is 5.04. The first kappa shape index (κ1) is 9.04. The Morgan fingerprint density at radius 3 is 2.62 bits per heavy atom. The molecule has 1 saturated carbocycles. The minimum atomic E-state index is 0.0357. The van der Waals surface area contributed by atoms with Crippen molar-refractivity contribution in [3.63, 3.8) is 0 Å². The third kappa shape index (κ3) is 2.23. The van der Waals surface area contributed by atoms with E-state index in [4.69, 9.17) is 4.74 Å². The molecular weight excluding hydrogens is 162 g/mol. The van der Waals surface area contributed by atoms with E-state index in [1.54, 1.807) is 0 Å². The van der Waals surface area contributed by atoms with Crippen molar-refractivity contribution in [3.8, 4) is 0 Å². The maximum atomic E-state index is 5.58. The zero-order valence-corrected chi connectivity index (χ0v) is 8.68. The lowest BCUT2D eigenvalue weighted by atomic mass is 10.0. The molecule has 0 N–H and O–H groups in total. The summed E-state index contributed by atoms with van der Waals surface area (Å²) in [4.78, 5) is 4.58. The Kier molecular flexibility index (Phi) is 2.31.